The lowest BCUT2D eigenvalue weighted by molar-refractivity contribution is 0.0757. The fraction of sp³-hybridized carbons (Fsp3) is 0.692. The highest BCUT2D eigenvalue weighted by atomic mass is 32.1. The molecule has 110 valence electrons. The van der Waals surface area contributed by atoms with Crippen molar-refractivity contribution in [3.63, 3.8) is 0 Å². The lowest BCUT2D eigenvalue weighted by Gasteiger charge is -2.17. The zero-order valence-corrected chi connectivity index (χ0v) is 12.3. The van der Waals surface area contributed by atoms with Crippen LogP contribution in [0.15, 0.2) is 0 Å². The van der Waals surface area contributed by atoms with Gasteiger partial charge in [0.1, 0.15) is 10.7 Å². The van der Waals surface area contributed by atoms with Crippen molar-refractivity contribution in [1.29, 1.82) is 0 Å². The number of aliphatic hydroxyl groups excluding tert-OH is 1. The van der Waals surface area contributed by atoms with Gasteiger partial charge in [0, 0.05) is 25.6 Å². The number of likely N-dealkylation sites (tertiary alicyclic amines) is 1. The molecule has 2 fully saturated rings. The van der Waals surface area contributed by atoms with Crippen LogP contribution in [0, 0.1) is 11.8 Å². The van der Waals surface area contributed by atoms with Gasteiger partial charge in [-0.25, -0.2) is 4.98 Å². The summed E-state index contributed by atoms with van der Waals surface area (Å²) in [5, 5.41) is 13.7. The monoisotopic (exact) mass is 296 g/mol. The summed E-state index contributed by atoms with van der Waals surface area (Å²) in [6.45, 7) is 4.09. The first kappa shape index (κ1) is 13.6. The summed E-state index contributed by atoms with van der Waals surface area (Å²) in [4.78, 5) is 19.0. The van der Waals surface area contributed by atoms with E-state index in [1.807, 2.05) is 11.8 Å². The van der Waals surface area contributed by atoms with Crippen LogP contribution in [0.4, 0.5) is 10.9 Å². The van der Waals surface area contributed by atoms with E-state index in [-0.39, 0.29) is 17.9 Å². The zero-order valence-electron chi connectivity index (χ0n) is 11.5. The highest BCUT2D eigenvalue weighted by Crippen LogP contribution is 2.39. The van der Waals surface area contributed by atoms with E-state index in [4.69, 9.17) is 5.73 Å². The highest BCUT2D eigenvalue weighted by molar-refractivity contribution is 7.18. The first-order valence-electron chi connectivity index (χ1n) is 7.07. The Kier molecular flexibility index (Phi) is 3.55. The Morgan fingerprint density at radius 1 is 1.55 bits per heavy atom. The average molecular weight is 296 g/mol. The summed E-state index contributed by atoms with van der Waals surface area (Å²) < 4.78 is 0. The number of aromatic nitrogens is 1. The van der Waals surface area contributed by atoms with Crippen molar-refractivity contribution in [2.24, 2.45) is 11.8 Å². The summed E-state index contributed by atoms with van der Waals surface area (Å²) in [6, 6.07) is 0. The molecule has 0 bridgehead atoms. The summed E-state index contributed by atoms with van der Waals surface area (Å²) in [6.07, 6.45) is 1.62. The van der Waals surface area contributed by atoms with Gasteiger partial charge in [0.2, 0.25) is 0 Å². The number of nitrogens with two attached hydrogens (primary N) is 1. The van der Waals surface area contributed by atoms with E-state index in [1.165, 1.54) is 11.3 Å². The van der Waals surface area contributed by atoms with Gasteiger partial charge in [0.05, 0.1) is 6.10 Å². The lowest BCUT2D eigenvalue weighted by atomic mass is 10.00. The Morgan fingerprint density at radius 3 is 3.05 bits per heavy atom. The average Bonchev–Trinajstić information content (AvgIpc) is 3.07. The second-order valence-corrected chi connectivity index (χ2v) is 6.54. The molecule has 1 saturated carbocycles. The molecule has 0 radical (unpaired) electrons. The molecular weight excluding hydrogens is 276 g/mol. The Balaban J connectivity index is 1.73. The molecule has 1 amide bonds. The first-order valence-corrected chi connectivity index (χ1v) is 7.89. The van der Waals surface area contributed by atoms with Gasteiger partial charge in [0.15, 0.2) is 5.13 Å². The number of carbonyl (C=O) groups excluding carboxylic acids is 1. The van der Waals surface area contributed by atoms with Gasteiger partial charge < -0.3 is 21.1 Å². The molecule has 2 aliphatic rings. The number of hydrogen-bond acceptors (Lipinski definition) is 6. The molecule has 1 aliphatic heterocycles. The Bertz CT molecular complexity index is 518. The third kappa shape index (κ3) is 2.25. The molecule has 6 nitrogen and oxygen atoms in total. The van der Waals surface area contributed by atoms with Crippen LogP contribution in [0.25, 0.3) is 0 Å². The Hall–Kier alpha value is -1.34. The number of fused-ring (bicyclic) bond motifs is 1. The Morgan fingerprint density at radius 2 is 2.35 bits per heavy atom. The number of thiazole rings is 1. The smallest absolute Gasteiger partial charge is 0.267 e. The zero-order chi connectivity index (χ0) is 14.3. The normalized spacial score (nSPS) is 28.7. The van der Waals surface area contributed by atoms with E-state index in [0.29, 0.717) is 28.3 Å². The van der Waals surface area contributed by atoms with E-state index >= 15 is 0 Å². The van der Waals surface area contributed by atoms with Crippen molar-refractivity contribution in [2.75, 3.05) is 30.7 Å². The summed E-state index contributed by atoms with van der Waals surface area (Å²) in [5.41, 5.74) is 5.85. The number of hydrogen-bond donors (Lipinski definition) is 3. The van der Waals surface area contributed by atoms with E-state index < -0.39 is 0 Å². The predicted octanol–water partition coefficient (Wildman–Crippen LogP) is 1.000. The number of nitrogens with one attached hydrogen (secondary N) is 1. The number of nitrogens with zero attached hydrogens (tertiary/aromatic N) is 2. The molecule has 3 rings (SSSR count). The fourth-order valence-electron chi connectivity index (χ4n) is 3.26. The van der Waals surface area contributed by atoms with Crippen LogP contribution in [0.5, 0.6) is 0 Å². The predicted molar refractivity (Wildman–Crippen MR) is 78.8 cm³/mol. The molecule has 4 N–H and O–H groups in total. The van der Waals surface area contributed by atoms with Gasteiger partial charge in [0.25, 0.3) is 5.91 Å². The van der Waals surface area contributed by atoms with E-state index in [2.05, 4.69) is 10.3 Å². The summed E-state index contributed by atoms with van der Waals surface area (Å²) >= 11 is 1.31. The maximum Gasteiger partial charge on any atom is 0.267 e. The van der Waals surface area contributed by atoms with Crippen molar-refractivity contribution in [3.05, 3.63) is 4.88 Å². The second kappa shape index (κ2) is 5.21. The topological polar surface area (TPSA) is 91.5 Å². The number of amides is 1. The van der Waals surface area contributed by atoms with Crippen molar-refractivity contribution in [1.82, 2.24) is 9.88 Å². The molecule has 7 heteroatoms. The summed E-state index contributed by atoms with van der Waals surface area (Å²) in [5.74, 6) is 0.928. The quantitative estimate of drug-likeness (QED) is 0.774. The Labute approximate surface area is 122 Å². The molecule has 1 aliphatic carbocycles. The fourth-order valence-corrected chi connectivity index (χ4v) is 4.18. The largest absolute Gasteiger partial charge is 0.393 e. The van der Waals surface area contributed by atoms with Crippen LogP contribution in [0.2, 0.25) is 0 Å². The van der Waals surface area contributed by atoms with Crippen molar-refractivity contribution in [3.8, 4) is 0 Å². The minimum Gasteiger partial charge on any atom is -0.393 e. The van der Waals surface area contributed by atoms with Gasteiger partial charge in [-0.2, -0.15) is 0 Å². The van der Waals surface area contributed by atoms with Crippen molar-refractivity contribution >= 4 is 28.2 Å². The molecule has 3 atom stereocenters. The van der Waals surface area contributed by atoms with Crippen molar-refractivity contribution in [2.45, 2.75) is 25.9 Å². The minimum absolute atomic E-state index is 0.0502. The third-order valence-corrected chi connectivity index (χ3v) is 5.30. The SMILES string of the molecule is CCNc1nc(N)c(C(=O)N2CC3CCC(O)C3C2)s1. The lowest BCUT2D eigenvalue weighted by Crippen LogP contribution is -2.31. The molecule has 3 unspecified atom stereocenters. The first-order chi connectivity index (χ1) is 9.60. The van der Waals surface area contributed by atoms with E-state index in [1.54, 1.807) is 0 Å². The van der Waals surface area contributed by atoms with Gasteiger partial charge in [-0.1, -0.05) is 11.3 Å². The molecule has 1 aromatic heterocycles. The van der Waals surface area contributed by atoms with E-state index in [0.717, 1.165) is 25.9 Å². The molecule has 2 heterocycles. The number of rotatable bonds is 3. The minimum atomic E-state index is -0.256. The molecular formula is C13H20N4O2S. The molecule has 1 saturated heterocycles. The third-order valence-electron chi connectivity index (χ3n) is 4.28. The summed E-state index contributed by atoms with van der Waals surface area (Å²) in [7, 11) is 0. The number of nitrogen functional groups attached to an aromatic ring is 1. The van der Waals surface area contributed by atoms with Gasteiger partial charge in [-0.3, -0.25) is 4.79 Å². The number of carbonyl (C=O) groups is 1. The number of aliphatic hydroxyl groups is 1. The van der Waals surface area contributed by atoms with Crippen LogP contribution >= 0.6 is 11.3 Å². The van der Waals surface area contributed by atoms with Crippen LogP contribution < -0.4 is 11.1 Å². The maximum atomic E-state index is 12.5. The maximum absolute atomic E-state index is 12.5. The standard InChI is InChI=1S/C13H20N4O2S/c1-2-15-13-16-11(14)10(20-13)12(19)17-5-7-3-4-9(18)8(7)6-17/h7-9,18H,2-6,14H2,1H3,(H,15,16). The van der Waals surface area contributed by atoms with Gasteiger partial charge in [-0.15, -0.1) is 0 Å². The molecule has 20 heavy (non-hydrogen) atoms. The van der Waals surface area contributed by atoms with E-state index in [9.17, 15) is 9.90 Å². The van der Waals surface area contributed by atoms with Crippen LogP contribution in [-0.4, -0.2) is 46.6 Å². The second-order valence-electron chi connectivity index (χ2n) is 5.54. The molecule has 0 spiro atoms. The highest BCUT2D eigenvalue weighted by Gasteiger charge is 2.43. The van der Waals surface area contributed by atoms with Crippen LogP contribution in [0.3, 0.4) is 0 Å². The molecule has 1 aromatic rings. The van der Waals surface area contributed by atoms with Crippen LogP contribution in [-0.2, 0) is 0 Å². The molecule has 0 aromatic carbocycles. The van der Waals surface area contributed by atoms with Crippen molar-refractivity contribution < 1.29 is 9.90 Å². The van der Waals surface area contributed by atoms with Crippen LogP contribution in [0.1, 0.15) is 29.4 Å². The van der Waals surface area contributed by atoms with Gasteiger partial charge in [-0.05, 0) is 25.7 Å². The number of anilines is 2. The van der Waals surface area contributed by atoms with Gasteiger partial charge >= 0.3 is 0 Å².